The van der Waals surface area contributed by atoms with Gasteiger partial charge in [-0.25, -0.2) is 4.79 Å². The zero-order chi connectivity index (χ0) is 34.6. The highest BCUT2D eigenvalue weighted by Crippen LogP contribution is 2.79. The summed E-state index contributed by atoms with van der Waals surface area (Å²) in [7, 11) is 0. The molecule has 3 rings (SSSR count). The average molecular weight is 641 g/mol. The smallest absolute Gasteiger partial charge is 0.344 e. The summed E-state index contributed by atoms with van der Waals surface area (Å²) >= 11 is 0. The normalized spacial score (nSPS) is 26.5. The second kappa shape index (κ2) is 14.9. The van der Waals surface area contributed by atoms with E-state index in [-0.39, 0.29) is 34.9 Å². The minimum absolute atomic E-state index is 0.0828. The van der Waals surface area contributed by atoms with E-state index in [2.05, 4.69) is 86.6 Å². The molecule has 46 heavy (non-hydrogen) atoms. The summed E-state index contributed by atoms with van der Waals surface area (Å²) in [5.41, 5.74) is 2.10. The van der Waals surface area contributed by atoms with E-state index in [4.69, 9.17) is 9.47 Å². The number of hydrogen-bond donors (Lipinski definition) is 1. The van der Waals surface area contributed by atoms with Crippen LogP contribution in [0.25, 0.3) is 0 Å². The summed E-state index contributed by atoms with van der Waals surface area (Å²) in [6.45, 7) is 27.8. The highest BCUT2D eigenvalue weighted by Gasteiger charge is 2.71. The summed E-state index contributed by atoms with van der Waals surface area (Å²) < 4.78 is 11.4. The second-order valence-electron chi connectivity index (χ2n) is 17.2. The number of rotatable bonds is 16. The fraction of sp³-hybridized carbons (Fsp3) is 0.833. The minimum Gasteiger partial charge on any atom is -0.482 e. The summed E-state index contributed by atoms with van der Waals surface area (Å²) in [6.07, 6.45) is 15.0. The molecule has 3 atom stereocenters. The van der Waals surface area contributed by atoms with E-state index in [9.17, 15) is 9.90 Å². The minimum atomic E-state index is -0.526. The van der Waals surface area contributed by atoms with Gasteiger partial charge in [0.1, 0.15) is 11.4 Å². The van der Waals surface area contributed by atoms with Crippen molar-refractivity contribution < 1.29 is 19.4 Å². The van der Waals surface area contributed by atoms with Crippen molar-refractivity contribution in [2.75, 3.05) is 6.61 Å². The van der Waals surface area contributed by atoms with E-state index in [0.717, 1.165) is 31.4 Å². The van der Waals surface area contributed by atoms with Crippen molar-refractivity contribution in [2.45, 2.75) is 184 Å². The lowest BCUT2D eigenvalue weighted by atomic mass is 9.29. The number of esters is 1. The molecule has 0 bridgehead atoms. The average Bonchev–Trinajstić information content (AvgIpc) is 3.04. The molecule has 264 valence electrons. The van der Waals surface area contributed by atoms with Crippen LogP contribution in [0.5, 0.6) is 5.75 Å². The first-order valence-corrected chi connectivity index (χ1v) is 19.1. The molecule has 4 heteroatoms. The number of ether oxygens (including phenoxy) is 2. The molecule has 0 radical (unpaired) electrons. The van der Waals surface area contributed by atoms with Gasteiger partial charge >= 0.3 is 5.97 Å². The largest absolute Gasteiger partial charge is 0.482 e. The van der Waals surface area contributed by atoms with Crippen LogP contribution in [0, 0.1) is 33.0 Å². The molecule has 0 aromatic heterocycles. The van der Waals surface area contributed by atoms with Crippen molar-refractivity contribution in [2.24, 2.45) is 33.0 Å². The molecule has 4 nitrogen and oxygen atoms in total. The van der Waals surface area contributed by atoms with Crippen LogP contribution in [0.2, 0.25) is 0 Å². The first-order chi connectivity index (χ1) is 21.5. The highest BCUT2D eigenvalue weighted by molar-refractivity contribution is 5.71. The Bertz CT molecular complexity index is 1090. The molecule has 1 spiro atoms. The van der Waals surface area contributed by atoms with Crippen LogP contribution in [-0.4, -0.2) is 29.4 Å². The number of hydrogen-bond acceptors (Lipinski definition) is 4. The quantitative estimate of drug-likeness (QED) is 0.183. The Kier molecular flexibility index (Phi) is 12.6. The molecule has 0 heterocycles. The van der Waals surface area contributed by atoms with Crippen molar-refractivity contribution in [1.82, 2.24) is 0 Å². The molecular formula is C42H72O4. The Morgan fingerprint density at radius 1 is 0.848 bits per heavy atom. The van der Waals surface area contributed by atoms with Gasteiger partial charge in [0.15, 0.2) is 6.61 Å². The molecule has 2 fully saturated rings. The molecular weight excluding hydrogens is 568 g/mol. The van der Waals surface area contributed by atoms with Crippen molar-refractivity contribution in [3.8, 4) is 5.75 Å². The lowest BCUT2D eigenvalue weighted by Crippen LogP contribution is -2.67. The Hall–Kier alpha value is -1.55. The Morgan fingerprint density at radius 3 is 1.83 bits per heavy atom. The van der Waals surface area contributed by atoms with Gasteiger partial charge in [-0.15, -0.1) is 0 Å². The predicted molar refractivity (Wildman–Crippen MR) is 193 cm³/mol. The van der Waals surface area contributed by atoms with Gasteiger partial charge in [0.25, 0.3) is 0 Å². The van der Waals surface area contributed by atoms with Crippen LogP contribution < -0.4 is 4.74 Å². The molecule has 2 aliphatic carbocycles. The fourth-order valence-electron chi connectivity index (χ4n) is 10.7. The van der Waals surface area contributed by atoms with Crippen LogP contribution in [0.1, 0.15) is 178 Å². The van der Waals surface area contributed by atoms with E-state index < -0.39 is 5.60 Å². The molecule has 3 unspecified atom stereocenters. The van der Waals surface area contributed by atoms with Crippen LogP contribution in [0.4, 0.5) is 0 Å². The molecule has 0 saturated heterocycles. The third-order valence-corrected chi connectivity index (χ3v) is 14.2. The maximum Gasteiger partial charge on any atom is 0.344 e. The van der Waals surface area contributed by atoms with Gasteiger partial charge in [-0.2, -0.15) is 0 Å². The SMILES string of the molecule is CCC(C)(CC)CC1C2(CCC(O)CC2)CC1(CC)C(CC)(CC)C(c1ccc(OCC(=O)OC(C)(C)C)cc1)C(C)(CC)CC. The van der Waals surface area contributed by atoms with Gasteiger partial charge in [-0.1, -0.05) is 100 Å². The molecule has 1 N–H and O–H groups in total. The summed E-state index contributed by atoms with van der Waals surface area (Å²) in [5.74, 6) is 1.44. The third-order valence-electron chi connectivity index (χ3n) is 14.2. The van der Waals surface area contributed by atoms with Crippen molar-refractivity contribution in [3.05, 3.63) is 29.8 Å². The van der Waals surface area contributed by atoms with Crippen LogP contribution in [0.15, 0.2) is 24.3 Å². The molecule has 0 amide bonds. The van der Waals surface area contributed by atoms with Crippen LogP contribution >= 0.6 is 0 Å². The van der Waals surface area contributed by atoms with E-state index in [1.54, 1.807) is 0 Å². The molecule has 2 saturated carbocycles. The van der Waals surface area contributed by atoms with Crippen LogP contribution in [-0.2, 0) is 9.53 Å². The fourth-order valence-corrected chi connectivity index (χ4v) is 10.7. The monoisotopic (exact) mass is 641 g/mol. The third kappa shape index (κ3) is 7.37. The molecule has 1 aromatic carbocycles. The summed E-state index contributed by atoms with van der Waals surface area (Å²) in [5, 5.41) is 10.6. The number of aliphatic hydroxyl groups is 1. The number of carbonyl (C=O) groups is 1. The highest BCUT2D eigenvalue weighted by atomic mass is 16.6. The van der Waals surface area contributed by atoms with E-state index in [0.29, 0.717) is 22.7 Å². The van der Waals surface area contributed by atoms with E-state index in [1.807, 2.05) is 20.8 Å². The zero-order valence-electron chi connectivity index (χ0n) is 32.1. The Labute approximate surface area is 284 Å². The lowest BCUT2D eigenvalue weighted by molar-refractivity contribution is -0.252. The summed E-state index contributed by atoms with van der Waals surface area (Å²) in [4.78, 5) is 12.4. The van der Waals surface area contributed by atoms with E-state index in [1.165, 1.54) is 63.4 Å². The standard InChI is InChI=1S/C42H72O4/c1-13-38(11,14-2)28-34-40(26-24-32(43)25-27-40)30-42(34,19-7)41(17-5,18-6)36(39(12,15-3)16-4)31-20-22-33(23-21-31)45-29-35(44)46-37(8,9)10/h20-23,32,34,36,43H,13-19,24-30H2,1-12H3. The number of carbonyl (C=O) groups excluding carboxylic acids is 1. The first-order valence-electron chi connectivity index (χ1n) is 19.1. The Balaban J connectivity index is 2.14. The van der Waals surface area contributed by atoms with Crippen molar-refractivity contribution in [3.63, 3.8) is 0 Å². The van der Waals surface area contributed by atoms with E-state index >= 15 is 0 Å². The number of aliphatic hydroxyl groups excluding tert-OH is 1. The first kappa shape index (κ1) is 38.9. The predicted octanol–water partition coefficient (Wildman–Crippen LogP) is 11.7. The van der Waals surface area contributed by atoms with Gasteiger partial charge in [0.05, 0.1) is 6.10 Å². The van der Waals surface area contributed by atoms with Crippen LogP contribution in [0.3, 0.4) is 0 Å². The number of benzene rings is 1. The zero-order valence-corrected chi connectivity index (χ0v) is 32.1. The Morgan fingerprint density at radius 2 is 1.39 bits per heavy atom. The second-order valence-corrected chi connectivity index (χ2v) is 17.2. The van der Waals surface area contributed by atoms with Gasteiger partial charge in [0, 0.05) is 0 Å². The lowest BCUT2D eigenvalue weighted by Gasteiger charge is -2.75. The molecule has 1 aromatic rings. The molecule has 0 aliphatic heterocycles. The molecule has 2 aliphatic rings. The maximum absolute atomic E-state index is 12.4. The van der Waals surface area contributed by atoms with Gasteiger partial charge in [-0.3, -0.25) is 0 Å². The topological polar surface area (TPSA) is 55.8 Å². The maximum atomic E-state index is 12.4. The van der Waals surface area contributed by atoms with Gasteiger partial charge in [0.2, 0.25) is 0 Å². The summed E-state index contributed by atoms with van der Waals surface area (Å²) in [6, 6.07) is 8.79. The van der Waals surface area contributed by atoms with Crippen molar-refractivity contribution >= 4 is 5.97 Å². The van der Waals surface area contributed by atoms with Gasteiger partial charge in [-0.05, 0) is 135 Å². The van der Waals surface area contributed by atoms with Crippen molar-refractivity contribution in [1.29, 1.82) is 0 Å². The van der Waals surface area contributed by atoms with Gasteiger partial charge < -0.3 is 14.6 Å².